The summed E-state index contributed by atoms with van der Waals surface area (Å²) in [4.78, 5) is 11.7. The summed E-state index contributed by atoms with van der Waals surface area (Å²) in [6.45, 7) is 2.18. The summed E-state index contributed by atoms with van der Waals surface area (Å²) in [6, 6.07) is 15.4. The molecule has 0 atom stereocenters. The van der Waals surface area contributed by atoms with Gasteiger partial charge in [0, 0.05) is 12.7 Å². The lowest BCUT2D eigenvalue weighted by atomic mass is 10.1. The van der Waals surface area contributed by atoms with Crippen LogP contribution in [0, 0.1) is 0 Å². The normalized spacial score (nSPS) is 11.7. The van der Waals surface area contributed by atoms with Crippen molar-refractivity contribution in [2.45, 2.75) is 6.92 Å². The quantitative estimate of drug-likeness (QED) is 0.286. The van der Waals surface area contributed by atoms with Gasteiger partial charge in [-0.25, -0.2) is 4.79 Å². The average Bonchev–Trinajstić information content (AvgIpc) is 2.60. The highest BCUT2D eigenvalue weighted by molar-refractivity contribution is 14.1. The van der Waals surface area contributed by atoms with Crippen molar-refractivity contribution in [1.29, 1.82) is 0 Å². The fourth-order valence-electron chi connectivity index (χ4n) is 2.04. The van der Waals surface area contributed by atoms with Gasteiger partial charge in [-0.15, -0.1) is 0 Å². The summed E-state index contributed by atoms with van der Waals surface area (Å²) < 4.78 is 12.6. The molecule has 0 aliphatic heterocycles. The van der Waals surface area contributed by atoms with Crippen molar-refractivity contribution in [3.8, 4) is 5.75 Å². The molecule has 0 aliphatic carbocycles. The molecule has 0 amide bonds. The molecule has 2 aromatic rings. The smallest absolute Gasteiger partial charge is 0.338 e. The van der Waals surface area contributed by atoms with Gasteiger partial charge >= 0.3 is 5.97 Å². The van der Waals surface area contributed by atoms with E-state index in [1.807, 2.05) is 36.4 Å². The topological polar surface area (TPSA) is 35.5 Å². The van der Waals surface area contributed by atoms with Crippen LogP contribution in [-0.4, -0.2) is 19.7 Å². The number of carbonyl (C=O) groups excluding carboxylic acids is 1. The van der Waals surface area contributed by atoms with Crippen LogP contribution < -0.4 is 4.74 Å². The Morgan fingerprint density at radius 3 is 2.17 bits per heavy atom. The van der Waals surface area contributed by atoms with Crippen LogP contribution in [0.3, 0.4) is 0 Å². The van der Waals surface area contributed by atoms with Gasteiger partial charge in [-0.05, 0) is 75.9 Å². The molecule has 0 aromatic heterocycles. The number of carbonyl (C=O) groups is 1. The first-order valence-corrected chi connectivity index (χ1v) is 9.20. The number of para-hydroxylation sites is 1. The summed E-state index contributed by atoms with van der Waals surface area (Å²) in [7, 11) is 1.67. The molecule has 0 spiro atoms. The minimum Gasteiger partial charge on any atom is -0.496 e. The molecule has 0 saturated heterocycles. The van der Waals surface area contributed by atoms with Crippen molar-refractivity contribution in [1.82, 2.24) is 0 Å². The maximum Gasteiger partial charge on any atom is 0.338 e. The zero-order valence-corrected chi connectivity index (χ0v) is 17.1. The fourth-order valence-corrected chi connectivity index (χ4v) is 3.45. The Morgan fingerprint density at radius 1 is 0.957 bits per heavy atom. The predicted octanol–water partition coefficient (Wildman–Crippen LogP) is 5.57. The first-order valence-electron chi connectivity index (χ1n) is 7.04. The number of methoxy groups -OCH3 is 1. The van der Waals surface area contributed by atoms with Crippen LogP contribution >= 0.6 is 45.2 Å². The molecule has 0 bridgehead atoms. The van der Waals surface area contributed by atoms with Gasteiger partial charge in [0.1, 0.15) is 5.75 Å². The lowest BCUT2D eigenvalue weighted by Gasteiger charge is -2.10. The van der Waals surface area contributed by atoms with Gasteiger partial charge in [0.25, 0.3) is 0 Å². The molecule has 0 aliphatic rings. The van der Waals surface area contributed by atoms with Crippen molar-refractivity contribution < 1.29 is 14.3 Å². The van der Waals surface area contributed by atoms with Crippen molar-refractivity contribution >= 4 is 58.3 Å². The second-order valence-electron chi connectivity index (χ2n) is 4.63. The Morgan fingerprint density at radius 2 is 1.57 bits per heavy atom. The number of rotatable bonds is 5. The van der Waals surface area contributed by atoms with E-state index >= 15 is 0 Å². The monoisotopic (exact) mass is 534 g/mol. The first-order chi connectivity index (χ1) is 11.1. The Bertz CT molecular complexity index is 721. The number of ether oxygens (including phenoxy) is 2. The van der Waals surface area contributed by atoms with Gasteiger partial charge in [-0.3, -0.25) is 0 Å². The summed E-state index contributed by atoms with van der Waals surface area (Å²) >= 11 is 4.64. The van der Waals surface area contributed by atoms with E-state index in [0.717, 1.165) is 24.0 Å². The summed E-state index contributed by atoms with van der Waals surface area (Å²) in [5.41, 5.74) is 2.66. The first kappa shape index (κ1) is 18.3. The SMILES string of the molecule is CCOC(=O)c1ccc(/C(I)=C(\I)c2ccccc2OC)cc1. The van der Waals surface area contributed by atoms with Gasteiger partial charge < -0.3 is 9.47 Å². The molecule has 0 saturated carbocycles. The minimum atomic E-state index is -0.294. The molecule has 120 valence electrons. The van der Waals surface area contributed by atoms with Crippen LogP contribution in [0.15, 0.2) is 48.5 Å². The van der Waals surface area contributed by atoms with E-state index in [0.29, 0.717) is 12.2 Å². The minimum absolute atomic E-state index is 0.294. The fraction of sp³-hybridized carbons (Fsp3) is 0.167. The molecule has 2 aromatic carbocycles. The molecule has 5 heteroatoms. The zero-order chi connectivity index (χ0) is 16.8. The molecule has 0 heterocycles. The Balaban J connectivity index is 2.35. The van der Waals surface area contributed by atoms with Gasteiger partial charge in [0.2, 0.25) is 0 Å². The highest BCUT2D eigenvalue weighted by atomic mass is 127. The average molecular weight is 534 g/mol. The number of esters is 1. The van der Waals surface area contributed by atoms with Crippen molar-refractivity contribution in [2.75, 3.05) is 13.7 Å². The largest absolute Gasteiger partial charge is 0.496 e. The van der Waals surface area contributed by atoms with Gasteiger partial charge in [-0.1, -0.05) is 30.3 Å². The highest BCUT2D eigenvalue weighted by Crippen LogP contribution is 2.39. The third kappa shape index (κ3) is 4.47. The highest BCUT2D eigenvalue weighted by Gasteiger charge is 2.12. The molecular weight excluding hydrogens is 518 g/mol. The van der Waals surface area contributed by atoms with Crippen LogP contribution in [0.1, 0.15) is 28.4 Å². The lowest BCUT2D eigenvalue weighted by Crippen LogP contribution is -2.04. The van der Waals surface area contributed by atoms with E-state index in [9.17, 15) is 4.79 Å². The van der Waals surface area contributed by atoms with Crippen LogP contribution in [0.25, 0.3) is 7.16 Å². The van der Waals surface area contributed by atoms with E-state index in [4.69, 9.17) is 9.47 Å². The Hall–Kier alpha value is -1.09. The van der Waals surface area contributed by atoms with E-state index in [1.54, 1.807) is 26.2 Å². The molecule has 23 heavy (non-hydrogen) atoms. The van der Waals surface area contributed by atoms with E-state index in [-0.39, 0.29) is 5.97 Å². The van der Waals surface area contributed by atoms with Gasteiger partial charge in [-0.2, -0.15) is 0 Å². The molecule has 0 unspecified atom stereocenters. The van der Waals surface area contributed by atoms with E-state index < -0.39 is 0 Å². The van der Waals surface area contributed by atoms with Gasteiger partial charge in [0.05, 0.1) is 19.3 Å². The maximum atomic E-state index is 11.7. The molecule has 3 nitrogen and oxygen atoms in total. The molecular formula is C18H16I2O3. The number of halogens is 2. The number of hydrogen-bond acceptors (Lipinski definition) is 3. The third-order valence-corrected chi connectivity index (χ3v) is 6.50. The molecule has 0 radical (unpaired) electrons. The third-order valence-electron chi connectivity index (χ3n) is 3.19. The molecule has 2 rings (SSSR count). The van der Waals surface area contributed by atoms with Crippen molar-refractivity contribution in [3.05, 3.63) is 65.2 Å². The molecule has 0 fully saturated rings. The lowest BCUT2D eigenvalue weighted by molar-refractivity contribution is 0.0526. The van der Waals surface area contributed by atoms with Crippen molar-refractivity contribution in [3.63, 3.8) is 0 Å². The maximum absolute atomic E-state index is 11.7. The second kappa shape index (κ2) is 8.68. The second-order valence-corrected chi connectivity index (χ2v) is 6.78. The Kier molecular flexibility index (Phi) is 6.88. The zero-order valence-electron chi connectivity index (χ0n) is 12.8. The predicted molar refractivity (Wildman–Crippen MR) is 110 cm³/mol. The standard InChI is InChI=1S/C18H16I2O3/c1-3-23-18(21)13-10-8-12(9-11-13)16(19)17(20)14-6-4-5-7-15(14)22-2/h4-11H,3H2,1-2H3/b17-16+. The van der Waals surface area contributed by atoms with E-state index in [2.05, 4.69) is 45.2 Å². The summed E-state index contributed by atoms with van der Waals surface area (Å²) in [6.07, 6.45) is 0. The Labute approximate surface area is 163 Å². The van der Waals surface area contributed by atoms with Crippen LogP contribution in [0.5, 0.6) is 5.75 Å². The van der Waals surface area contributed by atoms with Crippen molar-refractivity contribution in [2.24, 2.45) is 0 Å². The van der Waals surface area contributed by atoms with Crippen LogP contribution in [0.4, 0.5) is 0 Å². The summed E-state index contributed by atoms with van der Waals surface area (Å²) in [5, 5.41) is 0. The van der Waals surface area contributed by atoms with Crippen LogP contribution in [0.2, 0.25) is 0 Å². The summed E-state index contributed by atoms with van der Waals surface area (Å²) in [5.74, 6) is 0.548. The number of hydrogen-bond donors (Lipinski definition) is 0. The molecule has 0 N–H and O–H groups in total. The van der Waals surface area contributed by atoms with E-state index in [1.165, 1.54) is 0 Å². The van der Waals surface area contributed by atoms with Crippen LogP contribution in [-0.2, 0) is 4.74 Å². The number of benzene rings is 2. The van der Waals surface area contributed by atoms with Gasteiger partial charge in [0.15, 0.2) is 0 Å².